The Bertz CT molecular complexity index is 768. The predicted molar refractivity (Wildman–Crippen MR) is 110 cm³/mol. The summed E-state index contributed by atoms with van der Waals surface area (Å²) in [6.45, 7) is 7.39. The molecule has 2 heterocycles. The molecule has 0 unspecified atom stereocenters. The maximum absolute atomic E-state index is 12.5. The van der Waals surface area contributed by atoms with E-state index in [9.17, 15) is 9.59 Å². The highest BCUT2D eigenvalue weighted by atomic mass is 32.1. The Morgan fingerprint density at radius 2 is 1.81 bits per heavy atom. The van der Waals surface area contributed by atoms with Gasteiger partial charge in [0.15, 0.2) is 0 Å². The van der Waals surface area contributed by atoms with E-state index in [4.69, 9.17) is 0 Å². The molecule has 0 bridgehead atoms. The van der Waals surface area contributed by atoms with Crippen LogP contribution >= 0.6 is 11.3 Å². The number of anilines is 1. The number of nitrogens with one attached hydrogen (secondary N) is 1. The highest BCUT2D eigenvalue weighted by Gasteiger charge is 2.21. The fraction of sp³-hybridized carbons (Fsp3) is 0.429. The molecule has 1 fully saturated rings. The van der Waals surface area contributed by atoms with Gasteiger partial charge in [-0.25, -0.2) is 0 Å². The van der Waals surface area contributed by atoms with Crippen LogP contribution in [0.1, 0.15) is 22.4 Å². The predicted octanol–water partition coefficient (Wildman–Crippen LogP) is 3.08. The van der Waals surface area contributed by atoms with Crippen LogP contribution in [0.2, 0.25) is 0 Å². The maximum Gasteiger partial charge on any atom is 0.238 e. The molecule has 27 heavy (non-hydrogen) atoms. The minimum Gasteiger partial charge on any atom is -0.341 e. The Morgan fingerprint density at radius 3 is 2.52 bits per heavy atom. The van der Waals surface area contributed by atoms with Gasteiger partial charge in [-0.2, -0.15) is 0 Å². The lowest BCUT2D eigenvalue weighted by Gasteiger charge is -2.22. The summed E-state index contributed by atoms with van der Waals surface area (Å²) in [5, 5.41) is 5.05. The molecule has 1 N–H and O–H groups in total. The molecule has 6 heteroatoms. The van der Waals surface area contributed by atoms with Crippen LogP contribution in [0.15, 0.2) is 35.7 Å². The van der Waals surface area contributed by atoms with Gasteiger partial charge in [0.2, 0.25) is 11.8 Å². The van der Waals surface area contributed by atoms with Gasteiger partial charge in [-0.05, 0) is 42.8 Å². The average Bonchev–Trinajstić information content (AvgIpc) is 3.02. The Morgan fingerprint density at radius 1 is 1.04 bits per heavy atom. The van der Waals surface area contributed by atoms with E-state index in [0.717, 1.165) is 47.7 Å². The molecular formula is C21H27N3O2S. The molecule has 2 aromatic rings. The lowest BCUT2D eigenvalue weighted by molar-refractivity contribution is -0.130. The Labute approximate surface area is 165 Å². The first kappa shape index (κ1) is 19.6. The largest absolute Gasteiger partial charge is 0.341 e. The van der Waals surface area contributed by atoms with Crippen molar-refractivity contribution in [3.8, 4) is 0 Å². The Kier molecular flexibility index (Phi) is 6.63. The van der Waals surface area contributed by atoms with E-state index < -0.39 is 0 Å². The Hall–Kier alpha value is -2.18. The monoisotopic (exact) mass is 385 g/mol. The van der Waals surface area contributed by atoms with Gasteiger partial charge < -0.3 is 10.2 Å². The highest BCUT2D eigenvalue weighted by Crippen LogP contribution is 2.19. The van der Waals surface area contributed by atoms with Crippen molar-refractivity contribution in [1.29, 1.82) is 0 Å². The molecule has 144 valence electrons. The second-order valence-corrected chi connectivity index (χ2v) is 8.11. The number of para-hydroxylation sites is 1. The molecule has 1 aliphatic rings. The zero-order valence-corrected chi connectivity index (χ0v) is 16.8. The van der Waals surface area contributed by atoms with Gasteiger partial charge in [0.05, 0.1) is 13.0 Å². The van der Waals surface area contributed by atoms with Crippen LogP contribution in [-0.2, 0) is 16.0 Å². The molecule has 0 saturated carbocycles. The number of benzene rings is 1. The van der Waals surface area contributed by atoms with Crippen LogP contribution in [0.3, 0.4) is 0 Å². The van der Waals surface area contributed by atoms with Gasteiger partial charge in [-0.15, -0.1) is 11.3 Å². The summed E-state index contributed by atoms with van der Waals surface area (Å²) in [7, 11) is 0. The maximum atomic E-state index is 12.5. The normalized spacial score (nSPS) is 15.4. The fourth-order valence-electron chi connectivity index (χ4n) is 3.45. The van der Waals surface area contributed by atoms with Gasteiger partial charge in [0.25, 0.3) is 0 Å². The quantitative estimate of drug-likeness (QED) is 0.861. The number of carbonyl (C=O) groups excluding carboxylic acids is 2. The van der Waals surface area contributed by atoms with E-state index in [0.29, 0.717) is 19.5 Å². The molecule has 3 rings (SSSR count). The summed E-state index contributed by atoms with van der Waals surface area (Å²) in [4.78, 5) is 30.2. The summed E-state index contributed by atoms with van der Waals surface area (Å²) in [5.41, 5.74) is 3.05. The summed E-state index contributed by atoms with van der Waals surface area (Å²) in [6.07, 6.45) is 1.37. The molecule has 1 aliphatic heterocycles. The zero-order valence-electron chi connectivity index (χ0n) is 16.0. The van der Waals surface area contributed by atoms with Gasteiger partial charge in [0, 0.05) is 36.7 Å². The first-order chi connectivity index (χ1) is 13.0. The number of amides is 2. The SMILES string of the molecule is Cc1cccc(C)c1NC(=O)CN1CCCN(C(=O)Cc2cccs2)CC1. The summed E-state index contributed by atoms with van der Waals surface area (Å²) < 4.78 is 0. The number of hydrogen-bond acceptors (Lipinski definition) is 4. The molecule has 0 spiro atoms. The van der Waals surface area contributed by atoms with E-state index in [1.54, 1.807) is 11.3 Å². The minimum absolute atomic E-state index is 0.00534. The molecule has 5 nitrogen and oxygen atoms in total. The summed E-state index contributed by atoms with van der Waals surface area (Å²) in [6, 6.07) is 9.99. The van der Waals surface area contributed by atoms with Gasteiger partial charge in [-0.1, -0.05) is 24.3 Å². The molecule has 0 radical (unpaired) electrons. The Balaban J connectivity index is 1.50. The minimum atomic E-state index is 0.00534. The second kappa shape index (κ2) is 9.15. The fourth-order valence-corrected chi connectivity index (χ4v) is 4.14. The smallest absolute Gasteiger partial charge is 0.238 e. The van der Waals surface area contributed by atoms with Crippen molar-refractivity contribution in [2.24, 2.45) is 0 Å². The van der Waals surface area contributed by atoms with Crippen molar-refractivity contribution in [3.05, 3.63) is 51.7 Å². The van der Waals surface area contributed by atoms with Crippen LogP contribution in [0, 0.1) is 13.8 Å². The lowest BCUT2D eigenvalue weighted by Crippen LogP contribution is -2.38. The van der Waals surface area contributed by atoms with Crippen LogP contribution in [0.4, 0.5) is 5.69 Å². The number of aryl methyl sites for hydroxylation is 2. The van der Waals surface area contributed by atoms with Crippen molar-refractivity contribution in [2.45, 2.75) is 26.7 Å². The van der Waals surface area contributed by atoms with E-state index >= 15 is 0 Å². The van der Waals surface area contributed by atoms with E-state index in [2.05, 4.69) is 10.2 Å². The standard InChI is InChI=1S/C21H27N3O2S/c1-16-6-3-7-17(2)21(16)22-19(25)15-23-9-5-10-24(12-11-23)20(26)14-18-8-4-13-27-18/h3-4,6-8,13H,5,9-12,14-15H2,1-2H3,(H,22,25). The third-order valence-corrected chi connectivity index (χ3v) is 5.84. The van der Waals surface area contributed by atoms with Crippen molar-refractivity contribution in [2.75, 3.05) is 38.0 Å². The lowest BCUT2D eigenvalue weighted by atomic mass is 10.1. The molecule has 0 atom stereocenters. The molecule has 2 amide bonds. The van der Waals surface area contributed by atoms with E-state index in [1.165, 1.54) is 0 Å². The van der Waals surface area contributed by atoms with Gasteiger partial charge in [-0.3, -0.25) is 14.5 Å². The van der Waals surface area contributed by atoms with E-state index in [1.807, 2.05) is 54.5 Å². The van der Waals surface area contributed by atoms with Crippen LogP contribution < -0.4 is 5.32 Å². The van der Waals surface area contributed by atoms with Crippen molar-refractivity contribution in [1.82, 2.24) is 9.80 Å². The third kappa shape index (κ3) is 5.40. The second-order valence-electron chi connectivity index (χ2n) is 7.08. The van der Waals surface area contributed by atoms with Gasteiger partial charge >= 0.3 is 0 Å². The van der Waals surface area contributed by atoms with Crippen LogP contribution in [-0.4, -0.2) is 54.3 Å². The summed E-state index contributed by atoms with van der Waals surface area (Å²) in [5.74, 6) is 0.185. The highest BCUT2D eigenvalue weighted by molar-refractivity contribution is 7.10. The van der Waals surface area contributed by atoms with Crippen LogP contribution in [0.5, 0.6) is 0 Å². The molecule has 1 aromatic carbocycles. The molecular weight excluding hydrogens is 358 g/mol. The number of hydrogen-bond donors (Lipinski definition) is 1. The third-order valence-electron chi connectivity index (χ3n) is 4.96. The number of carbonyl (C=O) groups is 2. The molecule has 0 aliphatic carbocycles. The number of nitrogens with zero attached hydrogens (tertiary/aromatic N) is 2. The first-order valence-electron chi connectivity index (χ1n) is 9.41. The summed E-state index contributed by atoms with van der Waals surface area (Å²) >= 11 is 1.62. The van der Waals surface area contributed by atoms with Crippen LogP contribution in [0.25, 0.3) is 0 Å². The molecule has 1 aromatic heterocycles. The number of rotatable bonds is 5. The first-order valence-corrected chi connectivity index (χ1v) is 10.3. The molecule has 1 saturated heterocycles. The van der Waals surface area contributed by atoms with Crippen molar-refractivity contribution in [3.63, 3.8) is 0 Å². The average molecular weight is 386 g/mol. The van der Waals surface area contributed by atoms with Gasteiger partial charge in [0.1, 0.15) is 0 Å². The van der Waals surface area contributed by atoms with Crippen molar-refractivity contribution >= 4 is 28.8 Å². The number of thiophene rings is 1. The zero-order chi connectivity index (χ0) is 19.2. The van der Waals surface area contributed by atoms with Crippen molar-refractivity contribution < 1.29 is 9.59 Å². The topological polar surface area (TPSA) is 52.7 Å². The van der Waals surface area contributed by atoms with E-state index in [-0.39, 0.29) is 11.8 Å².